The Morgan fingerprint density at radius 2 is 2.06 bits per heavy atom. The zero-order valence-corrected chi connectivity index (χ0v) is 10.9. The van der Waals surface area contributed by atoms with E-state index in [1.54, 1.807) is 19.2 Å². The predicted molar refractivity (Wildman–Crippen MR) is 68.7 cm³/mol. The number of nitrogens with one attached hydrogen (secondary N) is 1. The molecular formula is C14H22FNO. The third-order valence-corrected chi connectivity index (χ3v) is 2.94. The maximum absolute atomic E-state index is 12.9. The highest BCUT2D eigenvalue weighted by molar-refractivity contribution is 5.16. The first-order valence-electron chi connectivity index (χ1n) is 6.04. The van der Waals surface area contributed by atoms with Gasteiger partial charge in [0.15, 0.2) is 0 Å². The Morgan fingerprint density at radius 1 is 1.29 bits per heavy atom. The molecule has 17 heavy (non-hydrogen) atoms. The normalized spacial score (nSPS) is 11.8. The highest BCUT2D eigenvalue weighted by Crippen LogP contribution is 2.11. The average Bonchev–Trinajstić information content (AvgIpc) is 2.29. The van der Waals surface area contributed by atoms with Crippen LogP contribution in [0.15, 0.2) is 24.3 Å². The fraction of sp³-hybridized carbons (Fsp3) is 0.571. The van der Waals surface area contributed by atoms with Crippen LogP contribution in [0.1, 0.15) is 25.8 Å². The molecule has 0 unspecified atom stereocenters. The first kappa shape index (κ1) is 14.1. The van der Waals surface area contributed by atoms with Crippen LogP contribution in [0.4, 0.5) is 4.39 Å². The predicted octanol–water partition coefficient (Wildman–Crippen LogP) is 2.77. The van der Waals surface area contributed by atoms with Crippen molar-refractivity contribution in [2.24, 2.45) is 0 Å². The van der Waals surface area contributed by atoms with Crippen LogP contribution in [0.25, 0.3) is 0 Å². The molecule has 0 aliphatic carbocycles. The molecule has 3 heteroatoms. The lowest BCUT2D eigenvalue weighted by atomic mass is 10.1. The minimum absolute atomic E-state index is 0.0775. The van der Waals surface area contributed by atoms with Crippen LogP contribution in [-0.2, 0) is 11.2 Å². The van der Waals surface area contributed by atoms with Crippen molar-refractivity contribution in [1.29, 1.82) is 0 Å². The monoisotopic (exact) mass is 239 g/mol. The number of hydrogen-bond acceptors (Lipinski definition) is 2. The van der Waals surface area contributed by atoms with Crippen LogP contribution < -0.4 is 5.32 Å². The summed E-state index contributed by atoms with van der Waals surface area (Å²) >= 11 is 0. The first-order valence-corrected chi connectivity index (χ1v) is 6.04. The second-order valence-electron chi connectivity index (χ2n) is 4.84. The summed E-state index contributed by atoms with van der Waals surface area (Å²) in [6.07, 6.45) is 1.82. The molecule has 0 bridgehead atoms. The second-order valence-corrected chi connectivity index (χ2v) is 4.84. The summed E-state index contributed by atoms with van der Waals surface area (Å²) in [4.78, 5) is 0. The van der Waals surface area contributed by atoms with E-state index in [9.17, 15) is 4.39 Å². The summed E-state index contributed by atoms with van der Waals surface area (Å²) in [5.41, 5.74) is 0.953. The Hall–Kier alpha value is -0.930. The van der Waals surface area contributed by atoms with Crippen molar-refractivity contribution in [3.05, 3.63) is 35.6 Å². The lowest BCUT2D eigenvalue weighted by Crippen LogP contribution is -2.29. The minimum Gasteiger partial charge on any atom is -0.379 e. The van der Waals surface area contributed by atoms with Crippen molar-refractivity contribution in [1.82, 2.24) is 5.32 Å². The van der Waals surface area contributed by atoms with E-state index in [4.69, 9.17) is 4.74 Å². The van der Waals surface area contributed by atoms with Gasteiger partial charge in [-0.1, -0.05) is 12.1 Å². The van der Waals surface area contributed by atoms with E-state index in [-0.39, 0.29) is 11.4 Å². The average molecular weight is 239 g/mol. The van der Waals surface area contributed by atoms with Gasteiger partial charge in [0.2, 0.25) is 0 Å². The van der Waals surface area contributed by atoms with Crippen LogP contribution in [-0.4, -0.2) is 25.8 Å². The van der Waals surface area contributed by atoms with Gasteiger partial charge < -0.3 is 10.1 Å². The van der Waals surface area contributed by atoms with E-state index in [1.165, 1.54) is 6.07 Å². The quantitative estimate of drug-likeness (QED) is 0.739. The van der Waals surface area contributed by atoms with Gasteiger partial charge in [-0.2, -0.15) is 0 Å². The Balaban J connectivity index is 2.17. The fourth-order valence-electron chi connectivity index (χ4n) is 1.54. The maximum Gasteiger partial charge on any atom is 0.123 e. The summed E-state index contributed by atoms with van der Waals surface area (Å²) in [6.45, 7) is 5.92. The third kappa shape index (κ3) is 5.80. The summed E-state index contributed by atoms with van der Waals surface area (Å²) in [7, 11) is 1.73. The van der Waals surface area contributed by atoms with Gasteiger partial charge in [0.05, 0.1) is 5.60 Å². The molecule has 1 N–H and O–H groups in total. The van der Waals surface area contributed by atoms with Gasteiger partial charge in [0, 0.05) is 7.11 Å². The summed E-state index contributed by atoms with van der Waals surface area (Å²) < 4.78 is 18.2. The first-order chi connectivity index (χ1) is 8.03. The topological polar surface area (TPSA) is 21.3 Å². The summed E-state index contributed by atoms with van der Waals surface area (Å²) in [5, 5.41) is 3.34. The Morgan fingerprint density at radius 3 is 2.71 bits per heavy atom. The van der Waals surface area contributed by atoms with Crippen LogP contribution in [0.3, 0.4) is 0 Å². The van der Waals surface area contributed by atoms with E-state index in [1.807, 2.05) is 6.07 Å². The van der Waals surface area contributed by atoms with Gasteiger partial charge in [-0.05, 0) is 57.5 Å². The zero-order chi connectivity index (χ0) is 12.7. The molecule has 96 valence electrons. The van der Waals surface area contributed by atoms with Crippen molar-refractivity contribution >= 4 is 0 Å². The van der Waals surface area contributed by atoms with Gasteiger partial charge in [-0.3, -0.25) is 0 Å². The third-order valence-electron chi connectivity index (χ3n) is 2.94. The molecule has 0 saturated heterocycles. The molecule has 0 heterocycles. The van der Waals surface area contributed by atoms with Gasteiger partial charge in [-0.25, -0.2) is 4.39 Å². The molecular weight excluding hydrogens is 217 g/mol. The van der Waals surface area contributed by atoms with Crippen LogP contribution in [0.2, 0.25) is 0 Å². The molecule has 1 aromatic carbocycles. The highest BCUT2D eigenvalue weighted by Gasteiger charge is 2.14. The molecule has 0 amide bonds. The van der Waals surface area contributed by atoms with Crippen molar-refractivity contribution in [2.75, 3.05) is 20.2 Å². The standard InChI is InChI=1S/C14H22FNO/c1-14(2,17-3)8-10-16-9-7-12-5-4-6-13(15)11-12/h4-6,11,16H,7-10H2,1-3H3. The van der Waals surface area contributed by atoms with Gasteiger partial charge in [0.25, 0.3) is 0 Å². The van der Waals surface area contributed by atoms with Crippen molar-refractivity contribution in [2.45, 2.75) is 32.3 Å². The van der Waals surface area contributed by atoms with E-state index in [0.29, 0.717) is 0 Å². The number of ether oxygens (including phenoxy) is 1. The summed E-state index contributed by atoms with van der Waals surface area (Å²) in [5.74, 6) is -0.164. The second kappa shape index (κ2) is 6.72. The highest BCUT2D eigenvalue weighted by atomic mass is 19.1. The van der Waals surface area contributed by atoms with E-state index in [2.05, 4.69) is 19.2 Å². The van der Waals surface area contributed by atoms with Crippen molar-refractivity contribution in [3.63, 3.8) is 0 Å². The Kier molecular flexibility index (Phi) is 5.59. The molecule has 0 aromatic heterocycles. The number of halogens is 1. The number of methoxy groups -OCH3 is 1. The zero-order valence-electron chi connectivity index (χ0n) is 10.9. The van der Waals surface area contributed by atoms with Gasteiger partial charge >= 0.3 is 0 Å². The SMILES string of the molecule is COC(C)(C)CCNCCc1cccc(F)c1. The molecule has 0 radical (unpaired) electrons. The fourth-order valence-corrected chi connectivity index (χ4v) is 1.54. The Bertz CT molecular complexity index is 339. The minimum atomic E-state index is -0.164. The smallest absolute Gasteiger partial charge is 0.123 e. The molecule has 0 fully saturated rings. The molecule has 1 aromatic rings. The van der Waals surface area contributed by atoms with Crippen LogP contribution >= 0.6 is 0 Å². The van der Waals surface area contributed by atoms with Crippen molar-refractivity contribution in [3.8, 4) is 0 Å². The maximum atomic E-state index is 12.9. The van der Waals surface area contributed by atoms with Gasteiger partial charge in [0.1, 0.15) is 5.82 Å². The van der Waals surface area contributed by atoms with Crippen LogP contribution in [0.5, 0.6) is 0 Å². The Labute approximate surface area is 103 Å². The molecule has 0 aliphatic heterocycles. The number of rotatable bonds is 7. The largest absolute Gasteiger partial charge is 0.379 e. The number of benzene rings is 1. The van der Waals surface area contributed by atoms with Gasteiger partial charge in [-0.15, -0.1) is 0 Å². The lowest BCUT2D eigenvalue weighted by molar-refractivity contribution is 0.0159. The lowest BCUT2D eigenvalue weighted by Gasteiger charge is -2.22. The van der Waals surface area contributed by atoms with E-state index in [0.717, 1.165) is 31.5 Å². The summed E-state index contributed by atoms with van der Waals surface area (Å²) in [6, 6.07) is 6.75. The molecule has 0 saturated carbocycles. The van der Waals surface area contributed by atoms with E-state index >= 15 is 0 Å². The number of hydrogen-bond donors (Lipinski definition) is 1. The molecule has 2 nitrogen and oxygen atoms in total. The van der Waals surface area contributed by atoms with Crippen LogP contribution in [0, 0.1) is 5.82 Å². The molecule has 0 spiro atoms. The molecule has 0 atom stereocenters. The molecule has 0 aliphatic rings. The molecule has 1 rings (SSSR count). The van der Waals surface area contributed by atoms with Crippen molar-refractivity contribution < 1.29 is 9.13 Å². The van der Waals surface area contributed by atoms with E-state index < -0.39 is 0 Å².